The van der Waals surface area contributed by atoms with Crippen molar-refractivity contribution in [3.63, 3.8) is 0 Å². The van der Waals surface area contributed by atoms with Gasteiger partial charge in [0.05, 0.1) is 6.61 Å². The third-order valence-electron chi connectivity index (χ3n) is 1.49. The average molecular weight is 354 g/mol. The summed E-state index contributed by atoms with van der Waals surface area (Å²) < 4.78 is 83.0. The zero-order chi connectivity index (χ0) is 12.5. The highest BCUT2D eigenvalue weighted by atomic mass is 127. The van der Waals surface area contributed by atoms with Crippen LogP contribution >= 0.6 is 22.6 Å². The van der Waals surface area contributed by atoms with Crippen molar-refractivity contribution in [1.82, 2.24) is 0 Å². The Morgan fingerprint density at radius 3 is 1.67 bits per heavy atom. The van der Waals surface area contributed by atoms with E-state index in [1.807, 2.05) is 0 Å². The summed E-state index contributed by atoms with van der Waals surface area (Å²) in [6.07, 6.45) is -8.04. The van der Waals surface area contributed by atoms with E-state index >= 15 is 0 Å². The minimum Gasteiger partial charge on any atom is -0.395 e. The quantitative estimate of drug-likeness (QED) is 0.468. The lowest BCUT2D eigenvalue weighted by atomic mass is 10.1. The van der Waals surface area contributed by atoms with E-state index in [0.29, 0.717) is 0 Å². The van der Waals surface area contributed by atoms with Crippen LogP contribution in [-0.4, -0.2) is 33.7 Å². The van der Waals surface area contributed by atoms with Crippen molar-refractivity contribution in [1.29, 1.82) is 0 Å². The van der Waals surface area contributed by atoms with Crippen LogP contribution in [0.4, 0.5) is 30.7 Å². The molecular formula is C6H6F7IO. The van der Waals surface area contributed by atoms with Crippen LogP contribution in [0.2, 0.25) is 0 Å². The molecule has 15 heavy (non-hydrogen) atoms. The van der Waals surface area contributed by atoms with Gasteiger partial charge in [-0.1, -0.05) is 22.6 Å². The summed E-state index contributed by atoms with van der Waals surface area (Å²) in [5.41, 5.74) is 0. The third kappa shape index (κ3) is 3.33. The Labute approximate surface area is 93.8 Å². The highest BCUT2D eigenvalue weighted by Gasteiger charge is 2.72. The van der Waals surface area contributed by atoms with Crippen LogP contribution in [-0.2, 0) is 0 Å². The van der Waals surface area contributed by atoms with E-state index < -0.39 is 35.0 Å². The van der Waals surface area contributed by atoms with Crippen molar-refractivity contribution in [2.24, 2.45) is 0 Å². The highest BCUT2D eigenvalue weighted by molar-refractivity contribution is 14.1. The molecule has 0 saturated carbocycles. The lowest BCUT2D eigenvalue weighted by molar-refractivity contribution is -0.355. The van der Waals surface area contributed by atoms with Gasteiger partial charge in [0.25, 0.3) is 0 Å². The van der Waals surface area contributed by atoms with E-state index in [1.165, 1.54) is 22.6 Å². The Balaban J connectivity index is 4.85. The van der Waals surface area contributed by atoms with Gasteiger partial charge < -0.3 is 5.11 Å². The second-order valence-electron chi connectivity index (χ2n) is 2.76. The summed E-state index contributed by atoms with van der Waals surface area (Å²) in [5.74, 6) is -11.3. The van der Waals surface area contributed by atoms with Crippen LogP contribution < -0.4 is 0 Å². The van der Waals surface area contributed by atoms with Gasteiger partial charge >= 0.3 is 18.0 Å². The number of alkyl halides is 8. The third-order valence-corrected chi connectivity index (χ3v) is 2.33. The van der Waals surface area contributed by atoms with E-state index in [1.54, 1.807) is 0 Å². The second kappa shape index (κ2) is 4.60. The van der Waals surface area contributed by atoms with Crippen molar-refractivity contribution in [2.75, 3.05) is 6.61 Å². The predicted octanol–water partition coefficient (Wildman–Crippen LogP) is 3.01. The van der Waals surface area contributed by atoms with Crippen molar-refractivity contribution in [3.8, 4) is 0 Å². The van der Waals surface area contributed by atoms with Gasteiger partial charge in [-0.05, 0) is 0 Å². The molecule has 1 nitrogen and oxygen atoms in total. The first kappa shape index (κ1) is 15.2. The van der Waals surface area contributed by atoms with Gasteiger partial charge in [-0.3, -0.25) is 0 Å². The molecule has 1 atom stereocenters. The van der Waals surface area contributed by atoms with Gasteiger partial charge in [0.2, 0.25) is 0 Å². The monoisotopic (exact) mass is 354 g/mol. The Bertz CT molecular complexity index is 214. The molecule has 0 heterocycles. The molecule has 0 radical (unpaired) electrons. The molecule has 0 aliphatic carbocycles. The number of rotatable bonds is 4. The minimum absolute atomic E-state index is 0.899. The first-order chi connectivity index (χ1) is 6.45. The van der Waals surface area contributed by atoms with E-state index in [2.05, 4.69) is 0 Å². The van der Waals surface area contributed by atoms with Crippen molar-refractivity contribution >= 4 is 22.6 Å². The smallest absolute Gasteiger partial charge is 0.395 e. The maximum Gasteiger partial charge on any atom is 0.459 e. The molecule has 0 amide bonds. The summed E-state index contributed by atoms with van der Waals surface area (Å²) in [6.45, 7) is -0.899. The normalized spacial score (nSPS) is 16.6. The Morgan fingerprint density at radius 1 is 1.00 bits per heavy atom. The minimum atomic E-state index is -6.30. The molecule has 0 saturated heterocycles. The number of hydrogen-bond acceptors (Lipinski definition) is 1. The molecule has 0 aliphatic rings. The molecule has 9 heteroatoms. The molecule has 0 aromatic rings. The van der Waals surface area contributed by atoms with Crippen molar-refractivity contribution < 1.29 is 35.8 Å². The molecule has 0 aromatic heterocycles. The van der Waals surface area contributed by atoms with Crippen LogP contribution in [0.3, 0.4) is 0 Å². The van der Waals surface area contributed by atoms with Gasteiger partial charge in [-0.25, -0.2) is 0 Å². The van der Waals surface area contributed by atoms with Crippen LogP contribution in [0.5, 0.6) is 0 Å². The van der Waals surface area contributed by atoms with Crippen LogP contribution in [0.1, 0.15) is 6.42 Å². The highest BCUT2D eigenvalue weighted by Crippen LogP contribution is 2.48. The Kier molecular flexibility index (Phi) is 4.66. The fraction of sp³-hybridized carbons (Fsp3) is 1.00. The summed E-state index contributed by atoms with van der Waals surface area (Å²) in [6, 6.07) is 0. The standard InChI is InChI=1S/C6H6F7IO/c7-4(8,1-3(14)2-15)5(9,10)6(11,12)13/h3,15H,1-2H2. The van der Waals surface area contributed by atoms with Crippen molar-refractivity contribution in [3.05, 3.63) is 0 Å². The molecule has 1 unspecified atom stereocenters. The van der Waals surface area contributed by atoms with E-state index in [9.17, 15) is 30.7 Å². The summed E-state index contributed by atoms with van der Waals surface area (Å²) >= 11 is 1.17. The zero-order valence-corrected chi connectivity index (χ0v) is 9.12. The average Bonchev–Trinajstić information content (AvgIpc) is 2.00. The van der Waals surface area contributed by atoms with E-state index in [0.717, 1.165) is 0 Å². The first-order valence-electron chi connectivity index (χ1n) is 3.53. The van der Waals surface area contributed by atoms with E-state index in [-0.39, 0.29) is 0 Å². The zero-order valence-electron chi connectivity index (χ0n) is 6.96. The fourth-order valence-electron chi connectivity index (χ4n) is 0.678. The topological polar surface area (TPSA) is 20.2 Å². The summed E-state index contributed by atoms with van der Waals surface area (Å²) in [5, 5.41) is 8.30. The number of halogens is 8. The molecule has 0 rings (SSSR count). The molecule has 0 fully saturated rings. The van der Waals surface area contributed by atoms with Crippen LogP contribution in [0.15, 0.2) is 0 Å². The van der Waals surface area contributed by atoms with Gasteiger partial charge in [0, 0.05) is 10.3 Å². The lowest BCUT2D eigenvalue weighted by Crippen LogP contribution is -2.52. The maximum atomic E-state index is 12.5. The SMILES string of the molecule is OCC(I)CC(F)(F)C(F)(F)C(F)(F)F. The Hall–Kier alpha value is 0.200. The van der Waals surface area contributed by atoms with Gasteiger partial charge in [-0.2, -0.15) is 30.7 Å². The maximum absolute atomic E-state index is 12.5. The molecule has 0 aromatic carbocycles. The first-order valence-corrected chi connectivity index (χ1v) is 4.77. The summed E-state index contributed by atoms with van der Waals surface area (Å²) in [4.78, 5) is 0. The molecule has 0 bridgehead atoms. The lowest BCUT2D eigenvalue weighted by Gasteiger charge is -2.29. The van der Waals surface area contributed by atoms with Crippen molar-refractivity contribution in [2.45, 2.75) is 28.4 Å². The number of hydrogen-bond donors (Lipinski definition) is 1. The predicted molar refractivity (Wildman–Crippen MR) is 45.5 cm³/mol. The second-order valence-corrected chi connectivity index (χ2v) is 4.52. The van der Waals surface area contributed by atoms with E-state index in [4.69, 9.17) is 5.11 Å². The van der Waals surface area contributed by atoms with Crippen LogP contribution in [0.25, 0.3) is 0 Å². The van der Waals surface area contributed by atoms with Gasteiger partial charge in [0.1, 0.15) is 0 Å². The Morgan fingerprint density at radius 2 is 1.40 bits per heavy atom. The summed E-state index contributed by atoms with van der Waals surface area (Å²) in [7, 11) is 0. The molecular weight excluding hydrogens is 348 g/mol. The molecule has 92 valence electrons. The molecule has 1 N–H and O–H groups in total. The number of aliphatic hydroxyl groups is 1. The molecule has 0 spiro atoms. The van der Waals surface area contributed by atoms with Gasteiger partial charge in [-0.15, -0.1) is 0 Å². The fourth-order valence-corrected chi connectivity index (χ4v) is 1.23. The van der Waals surface area contributed by atoms with Gasteiger partial charge in [0.15, 0.2) is 0 Å². The number of aliphatic hydroxyl groups excluding tert-OH is 1. The van der Waals surface area contributed by atoms with Crippen LogP contribution in [0, 0.1) is 0 Å². The molecule has 0 aliphatic heterocycles. The largest absolute Gasteiger partial charge is 0.459 e.